The number of benzene rings is 3. The van der Waals surface area contributed by atoms with Crippen LogP contribution in [0.4, 0.5) is 5.69 Å². The van der Waals surface area contributed by atoms with E-state index in [9.17, 15) is 13.2 Å². The maximum absolute atomic E-state index is 11.7. The van der Waals surface area contributed by atoms with Crippen molar-refractivity contribution in [1.82, 2.24) is 9.29 Å². The molecule has 1 fully saturated rings. The number of sulfonamides is 1. The second-order valence-electron chi connectivity index (χ2n) is 18.5. The number of aryl methyl sites for hydroxylation is 1. The third-order valence-electron chi connectivity index (χ3n) is 10.7. The molecule has 3 aromatic carbocycles. The van der Waals surface area contributed by atoms with E-state index in [1.54, 1.807) is 35.5 Å². The van der Waals surface area contributed by atoms with Crippen LogP contribution < -0.4 is 4.90 Å². The van der Waals surface area contributed by atoms with Gasteiger partial charge in [-0.1, -0.05) is 123 Å². The fourth-order valence-electron chi connectivity index (χ4n) is 6.11. The third-order valence-corrected chi connectivity index (χ3v) is 13.9. The van der Waals surface area contributed by atoms with Crippen molar-refractivity contribution in [1.29, 1.82) is 0 Å². The lowest BCUT2D eigenvalue weighted by Gasteiger charge is -2.19. The Kier molecular flexibility index (Phi) is 25.2. The van der Waals surface area contributed by atoms with Crippen LogP contribution in [0.1, 0.15) is 183 Å². The molecule has 1 aliphatic rings. The number of furan rings is 1. The Morgan fingerprint density at radius 1 is 0.758 bits per heavy atom. The van der Waals surface area contributed by atoms with Crippen LogP contribution in [-0.2, 0) is 30.9 Å². The Labute approximate surface area is 408 Å². The van der Waals surface area contributed by atoms with E-state index in [0.29, 0.717) is 52.0 Å². The quantitative estimate of drug-likeness (QED) is 0.116. The standard InChI is InChI=1S/C13H16ClNO.C13H20O.C11H17NO2S.C9H15NOS.C8H12O/c1-9(2)10-5-6-11(14)12(8-10)15-7-3-4-13(15)16;1-10(2)13-7-5-12(6-8-13)9-14-11(3)4;1-9(2)10-5-7-11(8-6-10)15(13,14)12(3)4;1-6(2)8-5-12-9(10-8)7(3)11-4;1-6(2)8-5-4-7(3)9-8/h5-6,8-9H,3-4,7H2,1-2H3;5-8,10-11H,9H2,1-4H3;5-9H,1-4H3;5-7H,1-4H3;4-6H,1-3H3. The summed E-state index contributed by atoms with van der Waals surface area (Å²) < 4.78 is 40.7. The highest BCUT2D eigenvalue weighted by atomic mass is 35.5. The highest BCUT2D eigenvalue weighted by molar-refractivity contribution is 7.89. The van der Waals surface area contributed by atoms with Gasteiger partial charge in [-0.25, -0.2) is 17.7 Å². The average molecular weight is 967 g/mol. The molecule has 5 aromatic rings. The van der Waals surface area contributed by atoms with Gasteiger partial charge in [-0.05, 0) is 116 Å². The minimum Gasteiger partial charge on any atom is -0.466 e. The van der Waals surface area contributed by atoms with Crippen molar-refractivity contribution in [3.05, 3.63) is 134 Å². The lowest BCUT2D eigenvalue weighted by molar-refractivity contribution is -0.117. The summed E-state index contributed by atoms with van der Waals surface area (Å²) in [5.41, 5.74) is 7.04. The molecule has 1 unspecified atom stereocenters. The van der Waals surface area contributed by atoms with E-state index in [1.807, 2.05) is 56.3 Å². The maximum Gasteiger partial charge on any atom is 0.242 e. The number of carbonyl (C=O) groups excluding carboxylic acids is 1. The highest BCUT2D eigenvalue weighted by Gasteiger charge is 2.24. The van der Waals surface area contributed by atoms with Crippen molar-refractivity contribution < 1.29 is 27.1 Å². The Bertz CT molecular complexity index is 2260. The molecule has 0 saturated carbocycles. The molecule has 0 spiro atoms. The van der Waals surface area contributed by atoms with Gasteiger partial charge in [0, 0.05) is 45.5 Å². The zero-order valence-electron chi connectivity index (χ0n) is 42.9. The first kappa shape index (κ1) is 58.3. The fourth-order valence-corrected chi connectivity index (χ4v) is 8.25. The Balaban J connectivity index is 0.000000287. The summed E-state index contributed by atoms with van der Waals surface area (Å²) in [7, 11) is 1.49. The van der Waals surface area contributed by atoms with E-state index in [1.165, 1.54) is 40.8 Å². The second-order valence-corrected chi connectivity index (χ2v) is 22.0. The molecular formula is C54H80ClN3O6S2. The monoisotopic (exact) mass is 966 g/mol. The molecule has 0 N–H and O–H groups in total. The van der Waals surface area contributed by atoms with E-state index in [0.717, 1.165) is 47.4 Å². The van der Waals surface area contributed by atoms with E-state index < -0.39 is 10.0 Å². The summed E-state index contributed by atoms with van der Waals surface area (Å²) in [5.74, 6) is 4.76. The van der Waals surface area contributed by atoms with Gasteiger partial charge in [-0.3, -0.25) is 4.79 Å². The SMILES string of the molecule is CC(C)OCc1ccc(C(C)C)cc1.CC(C)c1ccc(Cl)c(N2CCCC2=O)c1.CC(C)c1ccc(S(=O)(=O)N(C)C)cc1.COC(C)c1nc(C(C)C)cs1.Cc1ccc(C(C)C)o1. The van der Waals surface area contributed by atoms with Gasteiger partial charge >= 0.3 is 0 Å². The van der Waals surface area contributed by atoms with Crippen molar-refractivity contribution in [2.75, 3.05) is 32.6 Å². The fraction of sp³-hybridized carbons (Fsp3) is 0.519. The molecule has 1 saturated heterocycles. The number of anilines is 1. The number of hydrogen-bond donors (Lipinski definition) is 0. The Morgan fingerprint density at radius 3 is 1.70 bits per heavy atom. The molecule has 6 rings (SSSR count). The zero-order valence-corrected chi connectivity index (χ0v) is 45.3. The van der Waals surface area contributed by atoms with Crippen LogP contribution in [0.2, 0.25) is 5.02 Å². The molecule has 66 heavy (non-hydrogen) atoms. The third kappa shape index (κ3) is 19.4. The summed E-state index contributed by atoms with van der Waals surface area (Å²) >= 11 is 7.83. The van der Waals surface area contributed by atoms with E-state index in [-0.39, 0.29) is 12.0 Å². The van der Waals surface area contributed by atoms with Crippen LogP contribution in [0.25, 0.3) is 0 Å². The number of rotatable bonds is 13. The zero-order chi connectivity index (χ0) is 49.9. The van der Waals surface area contributed by atoms with Crippen LogP contribution in [-0.4, -0.2) is 57.5 Å². The molecule has 1 amide bonds. The topological polar surface area (TPSA) is 102 Å². The van der Waals surface area contributed by atoms with Gasteiger partial charge in [0.05, 0.1) is 34.0 Å². The van der Waals surface area contributed by atoms with Crippen molar-refractivity contribution in [3.63, 3.8) is 0 Å². The predicted octanol–water partition coefficient (Wildman–Crippen LogP) is 15.1. The maximum atomic E-state index is 11.7. The number of ether oxygens (including phenoxy) is 2. The number of methoxy groups -OCH3 is 1. The Hall–Kier alpha value is -3.84. The predicted molar refractivity (Wildman–Crippen MR) is 278 cm³/mol. The van der Waals surface area contributed by atoms with Crippen molar-refractivity contribution in [2.24, 2.45) is 0 Å². The summed E-state index contributed by atoms with van der Waals surface area (Å²) in [4.78, 5) is 18.3. The summed E-state index contributed by atoms with van der Waals surface area (Å²) in [6, 6.07) is 25.7. The molecule has 9 nitrogen and oxygen atoms in total. The molecular weight excluding hydrogens is 886 g/mol. The van der Waals surface area contributed by atoms with Gasteiger partial charge < -0.3 is 18.8 Å². The number of thiazole rings is 1. The van der Waals surface area contributed by atoms with Crippen molar-refractivity contribution >= 4 is 44.6 Å². The normalized spacial score (nSPS) is 13.1. The Morgan fingerprint density at radius 2 is 1.30 bits per heavy atom. The van der Waals surface area contributed by atoms with Crippen LogP contribution in [0.5, 0.6) is 0 Å². The lowest BCUT2D eigenvalue weighted by atomic mass is 10.0. The van der Waals surface area contributed by atoms with Crippen molar-refractivity contribution in [2.45, 2.75) is 163 Å². The van der Waals surface area contributed by atoms with Gasteiger partial charge in [-0.15, -0.1) is 11.3 Å². The lowest BCUT2D eigenvalue weighted by Crippen LogP contribution is -2.24. The van der Waals surface area contributed by atoms with Crippen LogP contribution in [0, 0.1) is 6.92 Å². The van der Waals surface area contributed by atoms with Crippen LogP contribution in [0.3, 0.4) is 0 Å². The molecule has 12 heteroatoms. The van der Waals surface area contributed by atoms with Gasteiger partial charge in [-0.2, -0.15) is 0 Å². The average Bonchev–Trinajstić information content (AvgIpc) is 4.06. The first-order valence-corrected chi connectivity index (χ1v) is 26.0. The first-order valence-electron chi connectivity index (χ1n) is 23.3. The van der Waals surface area contributed by atoms with Gasteiger partial charge in [0.15, 0.2) is 0 Å². The van der Waals surface area contributed by atoms with Crippen LogP contribution >= 0.6 is 22.9 Å². The number of aromatic nitrogens is 1. The number of nitrogens with zero attached hydrogens (tertiary/aromatic N) is 3. The molecule has 0 bridgehead atoms. The van der Waals surface area contributed by atoms with Crippen molar-refractivity contribution in [3.8, 4) is 0 Å². The van der Waals surface area contributed by atoms with E-state index >= 15 is 0 Å². The molecule has 2 aromatic heterocycles. The van der Waals surface area contributed by atoms with Crippen LogP contribution in [0.15, 0.2) is 93.6 Å². The number of amides is 1. The smallest absolute Gasteiger partial charge is 0.242 e. The van der Waals surface area contributed by atoms with Gasteiger partial charge in [0.2, 0.25) is 15.9 Å². The summed E-state index contributed by atoms with van der Waals surface area (Å²) in [5, 5.41) is 3.84. The molecule has 3 heterocycles. The first-order chi connectivity index (χ1) is 30.9. The summed E-state index contributed by atoms with van der Waals surface area (Å²) in [6.07, 6.45) is 2.01. The van der Waals surface area contributed by atoms with E-state index in [2.05, 4.69) is 118 Å². The molecule has 1 atom stereocenters. The number of hydrogen-bond acceptors (Lipinski definition) is 8. The molecule has 1 aliphatic heterocycles. The van der Waals surface area contributed by atoms with E-state index in [4.69, 9.17) is 25.5 Å². The number of halogens is 1. The van der Waals surface area contributed by atoms with Gasteiger partial charge in [0.1, 0.15) is 22.6 Å². The second kappa shape index (κ2) is 28.5. The molecule has 0 aliphatic carbocycles. The minimum absolute atomic E-state index is 0.127. The van der Waals surface area contributed by atoms with Gasteiger partial charge in [0.25, 0.3) is 0 Å². The molecule has 0 radical (unpaired) electrons. The number of carbonyl (C=O) groups is 1. The summed E-state index contributed by atoms with van der Waals surface area (Å²) in [6.45, 7) is 31.0. The minimum atomic E-state index is -3.29. The largest absolute Gasteiger partial charge is 0.466 e. The molecule has 366 valence electrons. The highest BCUT2D eigenvalue weighted by Crippen LogP contribution is 2.32.